The molecular formula is C42H40. The van der Waals surface area contributed by atoms with Gasteiger partial charge in [-0.1, -0.05) is 105 Å². The lowest BCUT2D eigenvalue weighted by Gasteiger charge is -2.23. The van der Waals surface area contributed by atoms with Crippen LogP contribution in [0.25, 0.3) is 61.8 Å². The zero-order valence-corrected chi connectivity index (χ0v) is 26.1. The number of benzene rings is 6. The van der Waals surface area contributed by atoms with Gasteiger partial charge in [-0.15, -0.1) is 0 Å². The SMILES string of the molecule is C=C1C(c2ccc(C)c(=C)c2=C)=CC=C(C)C1C.Cc1cc2cccc3c4c(C)c(C)cc5cccc(c(c1C)c23)c54. The Morgan fingerprint density at radius 3 is 1.60 bits per heavy atom. The number of fused-ring (bicyclic) bond motifs is 2. The third-order valence-corrected chi connectivity index (χ3v) is 9.93. The van der Waals surface area contributed by atoms with Gasteiger partial charge in [0.25, 0.3) is 0 Å². The summed E-state index contributed by atoms with van der Waals surface area (Å²) >= 11 is 0. The summed E-state index contributed by atoms with van der Waals surface area (Å²) in [7, 11) is 0. The molecule has 0 fully saturated rings. The van der Waals surface area contributed by atoms with E-state index in [1.807, 2.05) is 0 Å². The van der Waals surface area contributed by atoms with Crippen LogP contribution in [0.1, 0.15) is 47.2 Å². The number of hydrogen-bond donors (Lipinski definition) is 0. The van der Waals surface area contributed by atoms with Crippen molar-refractivity contribution in [2.24, 2.45) is 5.92 Å². The van der Waals surface area contributed by atoms with Gasteiger partial charge in [0.05, 0.1) is 0 Å². The Bertz CT molecular complexity index is 2150. The Balaban J connectivity index is 0.000000158. The lowest BCUT2D eigenvalue weighted by molar-refractivity contribution is 0.824. The molecular weight excluding hydrogens is 504 g/mol. The van der Waals surface area contributed by atoms with Crippen LogP contribution in [-0.2, 0) is 0 Å². The molecule has 0 aliphatic heterocycles. The highest BCUT2D eigenvalue weighted by molar-refractivity contribution is 6.34. The molecule has 0 bridgehead atoms. The number of aryl methyl sites for hydroxylation is 5. The average molecular weight is 545 g/mol. The first kappa shape index (κ1) is 27.7. The van der Waals surface area contributed by atoms with Gasteiger partial charge in [0.15, 0.2) is 0 Å². The second kappa shape index (κ2) is 10.1. The van der Waals surface area contributed by atoms with Crippen LogP contribution < -0.4 is 10.4 Å². The Morgan fingerprint density at radius 1 is 0.548 bits per heavy atom. The zero-order chi connectivity index (χ0) is 30.0. The molecule has 0 saturated heterocycles. The monoisotopic (exact) mass is 544 g/mol. The standard InChI is InChI=1S/C24H20.C18H20/c1-13-11-17-7-5-10-20-22-16(4)14(2)12-18-8-6-9-19(24(18)22)21(15(13)3)23(17)20;1-11-7-9-17(15(5)13(11)3)18-10-8-12(2)14(4)16(18)6/h5-12H,1-4H3;7-10,14H,3,5-6H2,1-2,4H3. The van der Waals surface area contributed by atoms with E-state index in [0.29, 0.717) is 5.92 Å². The molecule has 1 atom stereocenters. The van der Waals surface area contributed by atoms with Crippen LogP contribution in [0.15, 0.2) is 90.5 Å². The first-order valence-corrected chi connectivity index (χ1v) is 14.9. The summed E-state index contributed by atoms with van der Waals surface area (Å²) in [5, 5.41) is 13.3. The summed E-state index contributed by atoms with van der Waals surface area (Å²) in [5.41, 5.74) is 11.6. The Morgan fingerprint density at radius 2 is 1.07 bits per heavy atom. The lowest BCUT2D eigenvalue weighted by atomic mass is 9.81. The second-order valence-electron chi connectivity index (χ2n) is 12.3. The Labute approximate surface area is 250 Å². The molecule has 0 N–H and O–H groups in total. The van der Waals surface area contributed by atoms with Gasteiger partial charge in [-0.05, 0) is 140 Å². The predicted molar refractivity (Wildman–Crippen MR) is 188 cm³/mol. The molecule has 0 saturated carbocycles. The molecule has 0 spiro atoms. The van der Waals surface area contributed by atoms with Gasteiger partial charge in [0.1, 0.15) is 0 Å². The Kier molecular flexibility index (Phi) is 6.70. The van der Waals surface area contributed by atoms with E-state index in [1.165, 1.54) is 87.6 Å². The van der Waals surface area contributed by atoms with E-state index in [0.717, 1.165) is 16.0 Å². The first-order valence-electron chi connectivity index (χ1n) is 14.9. The second-order valence-corrected chi connectivity index (χ2v) is 12.3. The third kappa shape index (κ3) is 4.12. The highest BCUT2D eigenvalue weighted by Gasteiger charge is 2.19. The minimum Gasteiger partial charge on any atom is -0.0946 e. The molecule has 1 aliphatic carbocycles. The highest BCUT2D eigenvalue weighted by atomic mass is 14.2. The summed E-state index contributed by atoms with van der Waals surface area (Å²) in [4.78, 5) is 0. The van der Waals surface area contributed by atoms with Crippen LogP contribution >= 0.6 is 0 Å². The molecule has 42 heavy (non-hydrogen) atoms. The summed E-state index contributed by atoms with van der Waals surface area (Å²) in [6.45, 7) is 27.9. The molecule has 0 nitrogen and oxygen atoms in total. The third-order valence-electron chi connectivity index (χ3n) is 9.93. The normalized spacial score (nSPS) is 15.3. The van der Waals surface area contributed by atoms with Crippen LogP contribution in [0.4, 0.5) is 0 Å². The fourth-order valence-corrected chi connectivity index (χ4v) is 6.78. The van der Waals surface area contributed by atoms with Crippen LogP contribution in [0, 0.1) is 40.5 Å². The summed E-state index contributed by atoms with van der Waals surface area (Å²) in [6.07, 6.45) is 4.33. The van der Waals surface area contributed by atoms with E-state index in [2.05, 4.69) is 141 Å². The Hall–Kier alpha value is -4.42. The van der Waals surface area contributed by atoms with Crippen molar-refractivity contribution in [1.29, 1.82) is 0 Å². The molecule has 0 heterocycles. The van der Waals surface area contributed by atoms with Crippen molar-refractivity contribution in [1.82, 2.24) is 0 Å². The van der Waals surface area contributed by atoms with Crippen molar-refractivity contribution in [3.63, 3.8) is 0 Å². The molecule has 6 aromatic rings. The molecule has 1 aliphatic rings. The maximum atomic E-state index is 4.24. The summed E-state index contributed by atoms with van der Waals surface area (Å²) < 4.78 is 0. The van der Waals surface area contributed by atoms with Gasteiger partial charge in [0, 0.05) is 5.92 Å². The van der Waals surface area contributed by atoms with E-state index >= 15 is 0 Å². The van der Waals surface area contributed by atoms with E-state index in [1.54, 1.807) is 0 Å². The molecule has 0 aromatic heterocycles. The van der Waals surface area contributed by atoms with Gasteiger partial charge in [-0.2, -0.15) is 0 Å². The number of allylic oxidation sites excluding steroid dienone is 5. The maximum absolute atomic E-state index is 4.24. The van der Waals surface area contributed by atoms with Crippen LogP contribution in [0.3, 0.4) is 0 Å². The lowest BCUT2D eigenvalue weighted by Crippen LogP contribution is -2.28. The molecule has 6 aromatic carbocycles. The van der Waals surface area contributed by atoms with E-state index in [4.69, 9.17) is 0 Å². The molecule has 1 unspecified atom stereocenters. The van der Waals surface area contributed by atoms with Crippen molar-refractivity contribution in [3.8, 4) is 0 Å². The van der Waals surface area contributed by atoms with Crippen LogP contribution in [-0.4, -0.2) is 0 Å². The minimum atomic E-state index is 0.402. The zero-order valence-electron chi connectivity index (χ0n) is 26.1. The summed E-state index contributed by atoms with van der Waals surface area (Å²) in [5.74, 6) is 0.402. The maximum Gasteiger partial charge on any atom is 0.00204 e. The molecule has 208 valence electrons. The largest absolute Gasteiger partial charge is 0.0946 e. The van der Waals surface area contributed by atoms with Gasteiger partial charge < -0.3 is 0 Å². The van der Waals surface area contributed by atoms with Crippen molar-refractivity contribution in [2.45, 2.75) is 48.5 Å². The smallest absolute Gasteiger partial charge is 0.00204 e. The number of rotatable bonds is 1. The summed E-state index contributed by atoms with van der Waals surface area (Å²) in [6, 6.07) is 22.4. The average Bonchev–Trinajstić information content (AvgIpc) is 2.97. The van der Waals surface area contributed by atoms with Gasteiger partial charge in [-0.3, -0.25) is 0 Å². The fraction of sp³-hybridized carbons (Fsp3) is 0.190. The van der Waals surface area contributed by atoms with E-state index in [9.17, 15) is 0 Å². The van der Waals surface area contributed by atoms with Crippen molar-refractivity contribution >= 4 is 61.8 Å². The van der Waals surface area contributed by atoms with Crippen molar-refractivity contribution in [2.75, 3.05) is 0 Å². The highest BCUT2D eigenvalue weighted by Crippen LogP contribution is 2.44. The fourth-order valence-electron chi connectivity index (χ4n) is 6.78. The van der Waals surface area contributed by atoms with Gasteiger partial charge in [-0.25, -0.2) is 0 Å². The van der Waals surface area contributed by atoms with E-state index < -0.39 is 0 Å². The van der Waals surface area contributed by atoms with Crippen LogP contribution in [0.2, 0.25) is 0 Å². The predicted octanol–water partition coefficient (Wildman–Crippen LogP) is 10.3. The topological polar surface area (TPSA) is 0 Å². The van der Waals surface area contributed by atoms with Crippen molar-refractivity contribution in [3.05, 3.63) is 134 Å². The number of hydrogen-bond acceptors (Lipinski definition) is 0. The molecule has 0 amide bonds. The molecule has 7 rings (SSSR count). The van der Waals surface area contributed by atoms with E-state index in [-0.39, 0.29) is 0 Å². The minimum absolute atomic E-state index is 0.402. The van der Waals surface area contributed by atoms with Crippen molar-refractivity contribution < 1.29 is 0 Å². The molecule has 0 heteroatoms. The van der Waals surface area contributed by atoms with Crippen LogP contribution in [0.5, 0.6) is 0 Å². The van der Waals surface area contributed by atoms with Gasteiger partial charge in [0.2, 0.25) is 0 Å². The molecule has 0 radical (unpaired) electrons. The quantitative estimate of drug-likeness (QED) is 0.143. The first-order chi connectivity index (χ1) is 20.0. The van der Waals surface area contributed by atoms with Gasteiger partial charge >= 0.3 is 0 Å².